The van der Waals surface area contributed by atoms with Crippen molar-refractivity contribution in [3.8, 4) is 11.5 Å². The number of benzene rings is 1. The number of hydrogen-bond donors (Lipinski definition) is 1. The molecule has 4 rings (SSSR count). The van der Waals surface area contributed by atoms with Gasteiger partial charge in [-0.3, -0.25) is 9.78 Å². The van der Waals surface area contributed by atoms with Gasteiger partial charge in [0.05, 0.1) is 17.6 Å². The number of hydrogen-bond acceptors (Lipinski definition) is 4. The van der Waals surface area contributed by atoms with E-state index in [0.29, 0.717) is 16.5 Å². The van der Waals surface area contributed by atoms with Crippen LogP contribution in [0, 0.1) is 6.92 Å². The molecule has 0 amide bonds. The van der Waals surface area contributed by atoms with E-state index in [1.807, 2.05) is 31.2 Å². The number of alkyl halides is 2. The Bertz CT molecular complexity index is 1180. The second-order valence-electron chi connectivity index (χ2n) is 6.15. The summed E-state index contributed by atoms with van der Waals surface area (Å²) in [4.78, 5) is 22.9. The lowest BCUT2D eigenvalue weighted by Gasteiger charge is -2.09. The molecule has 8 heteroatoms. The molecule has 3 heterocycles. The third-order valence-corrected chi connectivity index (χ3v) is 4.35. The van der Waals surface area contributed by atoms with Gasteiger partial charge in [0.25, 0.3) is 12.0 Å². The van der Waals surface area contributed by atoms with Crippen LogP contribution in [-0.2, 0) is 6.54 Å². The minimum Gasteiger partial charge on any atom is -0.319 e. The second kappa shape index (κ2) is 6.71. The SMILES string of the molecule is Cc1ccccc1Cn1nc(C(F)F)nc1-c1cc2ccncc2c(=O)[nH]1. The summed E-state index contributed by atoms with van der Waals surface area (Å²) < 4.78 is 27.8. The Labute approximate surface area is 152 Å². The lowest BCUT2D eigenvalue weighted by molar-refractivity contribution is 0.140. The monoisotopic (exact) mass is 367 g/mol. The Hall–Kier alpha value is -3.42. The quantitative estimate of drug-likeness (QED) is 0.599. The summed E-state index contributed by atoms with van der Waals surface area (Å²) in [5.41, 5.74) is 1.90. The van der Waals surface area contributed by atoms with Gasteiger partial charge in [0.2, 0.25) is 5.82 Å². The van der Waals surface area contributed by atoms with Crippen molar-refractivity contribution in [1.29, 1.82) is 0 Å². The van der Waals surface area contributed by atoms with Gasteiger partial charge in [-0.2, -0.15) is 0 Å². The molecule has 0 fully saturated rings. The van der Waals surface area contributed by atoms with Crippen molar-refractivity contribution >= 4 is 10.8 Å². The Balaban J connectivity index is 1.87. The number of aryl methyl sites for hydroxylation is 1. The summed E-state index contributed by atoms with van der Waals surface area (Å²) >= 11 is 0. The molecule has 0 saturated heterocycles. The van der Waals surface area contributed by atoms with E-state index in [1.165, 1.54) is 10.9 Å². The smallest absolute Gasteiger partial charge is 0.299 e. The highest BCUT2D eigenvalue weighted by molar-refractivity contribution is 5.83. The third-order valence-electron chi connectivity index (χ3n) is 4.35. The van der Waals surface area contributed by atoms with Crippen LogP contribution in [0.4, 0.5) is 8.78 Å². The molecule has 1 N–H and O–H groups in total. The molecule has 0 aliphatic carbocycles. The van der Waals surface area contributed by atoms with Crippen LogP contribution >= 0.6 is 0 Å². The number of aromatic amines is 1. The lowest BCUT2D eigenvalue weighted by Crippen LogP contribution is -2.11. The molecule has 0 aliphatic heterocycles. The fourth-order valence-electron chi connectivity index (χ4n) is 2.93. The van der Waals surface area contributed by atoms with Crippen LogP contribution in [0.2, 0.25) is 0 Å². The van der Waals surface area contributed by atoms with Crippen molar-refractivity contribution in [2.24, 2.45) is 0 Å². The van der Waals surface area contributed by atoms with Gasteiger partial charge in [0.15, 0.2) is 5.82 Å². The average Bonchev–Trinajstić information content (AvgIpc) is 3.08. The number of rotatable bonds is 4. The first-order chi connectivity index (χ1) is 13.0. The summed E-state index contributed by atoms with van der Waals surface area (Å²) in [6, 6.07) is 11.0. The van der Waals surface area contributed by atoms with Crippen LogP contribution in [0.15, 0.2) is 53.6 Å². The van der Waals surface area contributed by atoms with Gasteiger partial charge in [0, 0.05) is 12.4 Å². The molecular formula is C19H15F2N5O. The molecule has 136 valence electrons. The average molecular weight is 367 g/mol. The van der Waals surface area contributed by atoms with Gasteiger partial charge >= 0.3 is 0 Å². The zero-order chi connectivity index (χ0) is 19.0. The molecule has 0 atom stereocenters. The molecule has 1 aromatic carbocycles. The maximum Gasteiger partial charge on any atom is 0.299 e. The molecule has 0 aliphatic rings. The van der Waals surface area contributed by atoms with Gasteiger partial charge in [-0.05, 0) is 35.6 Å². The molecule has 3 aromatic heterocycles. The number of aromatic nitrogens is 5. The molecule has 6 nitrogen and oxygen atoms in total. The predicted octanol–water partition coefficient (Wildman–Crippen LogP) is 3.48. The molecule has 0 unspecified atom stereocenters. The third kappa shape index (κ3) is 3.21. The fourth-order valence-corrected chi connectivity index (χ4v) is 2.93. The highest BCUT2D eigenvalue weighted by atomic mass is 19.3. The van der Waals surface area contributed by atoms with Crippen LogP contribution in [0.25, 0.3) is 22.3 Å². The van der Waals surface area contributed by atoms with Crippen LogP contribution in [0.1, 0.15) is 23.4 Å². The number of fused-ring (bicyclic) bond motifs is 1. The molecule has 27 heavy (non-hydrogen) atoms. The lowest BCUT2D eigenvalue weighted by atomic mass is 10.1. The summed E-state index contributed by atoms with van der Waals surface area (Å²) in [5, 5.41) is 5.02. The van der Waals surface area contributed by atoms with E-state index in [0.717, 1.165) is 11.1 Å². The predicted molar refractivity (Wildman–Crippen MR) is 96.6 cm³/mol. The Morgan fingerprint density at radius 2 is 2.04 bits per heavy atom. The first-order valence-corrected chi connectivity index (χ1v) is 8.28. The number of pyridine rings is 2. The number of H-pyrrole nitrogens is 1. The second-order valence-corrected chi connectivity index (χ2v) is 6.15. The molecule has 0 radical (unpaired) electrons. The zero-order valence-electron chi connectivity index (χ0n) is 14.4. The van der Waals surface area contributed by atoms with Gasteiger partial charge in [-0.25, -0.2) is 18.4 Å². The largest absolute Gasteiger partial charge is 0.319 e. The Morgan fingerprint density at radius 3 is 2.81 bits per heavy atom. The van der Waals surface area contributed by atoms with Crippen molar-refractivity contribution in [1.82, 2.24) is 24.7 Å². The maximum atomic E-state index is 13.2. The standard InChI is InChI=1S/C19H15F2N5O/c1-11-4-2-3-5-13(11)10-26-18(24-17(25-26)16(20)21)15-8-12-6-7-22-9-14(12)19(27)23-15/h2-9,16H,10H2,1H3,(H,23,27). The molecule has 0 bridgehead atoms. The van der Waals surface area contributed by atoms with Crippen molar-refractivity contribution in [3.63, 3.8) is 0 Å². The van der Waals surface area contributed by atoms with Crippen LogP contribution < -0.4 is 5.56 Å². The highest BCUT2D eigenvalue weighted by Crippen LogP contribution is 2.23. The van der Waals surface area contributed by atoms with E-state index in [2.05, 4.69) is 20.1 Å². The van der Waals surface area contributed by atoms with Crippen LogP contribution in [0.3, 0.4) is 0 Å². The van der Waals surface area contributed by atoms with Gasteiger partial charge in [-0.1, -0.05) is 24.3 Å². The summed E-state index contributed by atoms with van der Waals surface area (Å²) in [6.07, 6.45) is 0.215. The molecule has 0 saturated carbocycles. The van der Waals surface area contributed by atoms with Crippen molar-refractivity contribution in [3.05, 3.63) is 76.1 Å². The maximum absolute atomic E-state index is 13.2. The summed E-state index contributed by atoms with van der Waals surface area (Å²) in [7, 11) is 0. The Morgan fingerprint density at radius 1 is 1.22 bits per heavy atom. The topological polar surface area (TPSA) is 76.5 Å². The zero-order valence-corrected chi connectivity index (χ0v) is 14.4. The number of nitrogens with zero attached hydrogens (tertiary/aromatic N) is 4. The normalized spacial score (nSPS) is 11.4. The van der Waals surface area contributed by atoms with Gasteiger partial charge in [0.1, 0.15) is 0 Å². The van der Waals surface area contributed by atoms with E-state index in [1.54, 1.807) is 18.3 Å². The van der Waals surface area contributed by atoms with E-state index >= 15 is 0 Å². The minimum absolute atomic E-state index is 0.185. The van der Waals surface area contributed by atoms with E-state index < -0.39 is 12.2 Å². The fraction of sp³-hybridized carbons (Fsp3) is 0.158. The van der Waals surface area contributed by atoms with E-state index in [4.69, 9.17) is 0 Å². The van der Waals surface area contributed by atoms with E-state index in [9.17, 15) is 13.6 Å². The number of nitrogens with one attached hydrogen (secondary N) is 1. The van der Waals surface area contributed by atoms with E-state index in [-0.39, 0.29) is 17.9 Å². The van der Waals surface area contributed by atoms with Gasteiger partial charge < -0.3 is 4.98 Å². The van der Waals surface area contributed by atoms with Crippen LogP contribution in [0.5, 0.6) is 0 Å². The van der Waals surface area contributed by atoms with Crippen molar-refractivity contribution < 1.29 is 8.78 Å². The van der Waals surface area contributed by atoms with Crippen molar-refractivity contribution in [2.75, 3.05) is 0 Å². The Kier molecular flexibility index (Phi) is 4.23. The molecule has 0 spiro atoms. The van der Waals surface area contributed by atoms with Gasteiger partial charge in [-0.15, -0.1) is 5.10 Å². The molecule has 4 aromatic rings. The first-order valence-electron chi connectivity index (χ1n) is 8.28. The summed E-state index contributed by atoms with van der Waals surface area (Å²) in [6.45, 7) is 2.20. The van der Waals surface area contributed by atoms with Crippen molar-refractivity contribution in [2.45, 2.75) is 19.9 Å². The summed E-state index contributed by atoms with van der Waals surface area (Å²) in [5.74, 6) is -0.390. The minimum atomic E-state index is -2.81. The van der Waals surface area contributed by atoms with Crippen LogP contribution in [-0.4, -0.2) is 24.7 Å². The highest BCUT2D eigenvalue weighted by Gasteiger charge is 2.20. The number of halogens is 2. The molecular weight excluding hydrogens is 352 g/mol. The first kappa shape index (κ1) is 17.0.